The standard InChI is InChI=1S/C29H44O4Si2/c1-28(2,3)34(7,8)33-26(25-19-20-27(30)32-25)21-22-31-35(29(4,5)6,23-15-11-9-12-16-23)24-17-13-10-14-18-24/h9-18,25-26H,19-22H2,1-8H3/t25-,26-/m0/s1. The lowest BCUT2D eigenvalue weighted by atomic mass is 10.1. The van der Waals surface area contributed by atoms with Crippen LogP contribution in [0.1, 0.15) is 60.8 Å². The van der Waals surface area contributed by atoms with Crippen LogP contribution < -0.4 is 10.4 Å². The Morgan fingerprint density at radius 3 is 1.80 bits per heavy atom. The van der Waals surface area contributed by atoms with Crippen LogP contribution in [0.25, 0.3) is 0 Å². The first-order valence-corrected chi connectivity index (χ1v) is 17.7. The molecule has 1 aliphatic heterocycles. The second-order valence-electron chi connectivity index (χ2n) is 12.3. The van der Waals surface area contributed by atoms with E-state index in [1.54, 1.807) is 0 Å². The van der Waals surface area contributed by atoms with Crippen LogP contribution in [0, 0.1) is 0 Å². The summed E-state index contributed by atoms with van der Waals surface area (Å²) >= 11 is 0. The van der Waals surface area contributed by atoms with E-state index in [0.29, 0.717) is 19.4 Å². The molecule has 0 aromatic heterocycles. The summed E-state index contributed by atoms with van der Waals surface area (Å²) in [6, 6.07) is 21.4. The number of carbonyl (C=O) groups excluding carboxylic acids is 1. The Balaban J connectivity index is 1.92. The van der Waals surface area contributed by atoms with Gasteiger partial charge in [0.25, 0.3) is 8.32 Å². The van der Waals surface area contributed by atoms with Gasteiger partial charge in [0.05, 0.1) is 6.10 Å². The van der Waals surface area contributed by atoms with Crippen LogP contribution in [0.3, 0.4) is 0 Å². The van der Waals surface area contributed by atoms with Crippen LogP contribution in [-0.2, 0) is 18.4 Å². The predicted octanol–water partition coefficient (Wildman–Crippen LogP) is 6.05. The first-order valence-electron chi connectivity index (χ1n) is 12.9. The fourth-order valence-corrected chi connectivity index (χ4v) is 10.7. The third-order valence-corrected chi connectivity index (χ3v) is 17.3. The smallest absolute Gasteiger partial charge is 0.306 e. The number of esters is 1. The van der Waals surface area contributed by atoms with Crippen LogP contribution >= 0.6 is 0 Å². The van der Waals surface area contributed by atoms with Crippen LogP contribution in [0.5, 0.6) is 0 Å². The topological polar surface area (TPSA) is 44.8 Å². The quantitative estimate of drug-likeness (QED) is 0.303. The summed E-state index contributed by atoms with van der Waals surface area (Å²) in [5.74, 6) is -0.119. The molecular formula is C29H44O4Si2. The van der Waals surface area contributed by atoms with E-state index in [9.17, 15) is 4.79 Å². The zero-order valence-corrected chi connectivity index (χ0v) is 24.9. The lowest BCUT2D eigenvalue weighted by Crippen LogP contribution is -2.66. The molecule has 2 aromatic rings. The number of hydrogen-bond donors (Lipinski definition) is 0. The Bertz CT molecular complexity index is 922. The fraction of sp³-hybridized carbons (Fsp3) is 0.552. The Labute approximate surface area is 214 Å². The van der Waals surface area contributed by atoms with Gasteiger partial charge in [-0.1, -0.05) is 102 Å². The number of benzene rings is 2. The van der Waals surface area contributed by atoms with Gasteiger partial charge in [0.1, 0.15) is 6.10 Å². The molecule has 0 amide bonds. The van der Waals surface area contributed by atoms with Gasteiger partial charge in [0, 0.05) is 13.0 Å². The molecule has 0 spiro atoms. The molecule has 4 nitrogen and oxygen atoms in total. The van der Waals surface area contributed by atoms with E-state index in [1.165, 1.54) is 10.4 Å². The van der Waals surface area contributed by atoms with Crippen molar-refractivity contribution in [2.75, 3.05) is 6.61 Å². The maximum absolute atomic E-state index is 12.0. The Kier molecular flexibility index (Phi) is 8.52. The van der Waals surface area contributed by atoms with Gasteiger partial charge in [-0.3, -0.25) is 4.79 Å². The van der Waals surface area contributed by atoms with E-state index in [0.717, 1.165) is 6.42 Å². The highest BCUT2D eigenvalue weighted by atomic mass is 28.4. The third-order valence-electron chi connectivity index (χ3n) is 7.72. The average Bonchev–Trinajstić information content (AvgIpc) is 3.21. The molecular weight excluding hydrogens is 468 g/mol. The Hall–Kier alpha value is -1.74. The molecule has 2 atom stereocenters. The van der Waals surface area contributed by atoms with Crippen molar-refractivity contribution in [2.24, 2.45) is 0 Å². The highest BCUT2D eigenvalue weighted by Gasteiger charge is 2.50. The molecule has 0 aliphatic carbocycles. The Morgan fingerprint density at radius 2 is 1.40 bits per heavy atom. The van der Waals surface area contributed by atoms with Crippen LogP contribution in [-0.4, -0.2) is 41.4 Å². The zero-order valence-electron chi connectivity index (χ0n) is 22.9. The second kappa shape index (κ2) is 10.7. The highest BCUT2D eigenvalue weighted by Crippen LogP contribution is 2.40. The number of rotatable bonds is 9. The van der Waals surface area contributed by atoms with Crippen molar-refractivity contribution in [1.82, 2.24) is 0 Å². The van der Waals surface area contributed by atoms with Crippen molar-refractivity contribution in [3.8, 4) is 0 Å². The molecule has 6 heteroatoms. The normalized spacial score (nSPS) is 18.4. The molecule has 0 radical (unpaired) electrons. The lowest BCUT2D eigenvalue weighted by Gasteiger charge is -2.44. The molecule has 0 N–H and O–H groups in total. The van der Waals surface area contributed by atoms with Gasteiger partial charge in [0.2, 0.25) is 0 Å². The van der Waals surface area contributed by atoms with E-state index < -0.39 is 16.6 Å². The van der Waals surface area contributed by atoms with Gasteiger partial charge in [-0.2, -0.15) is 0 Å². The second-order valence-corrected chi connectivity index (χ2v) is 21.3. The monoisotopic (exact) mass is 512 g/mol. The van der Waals surface area contributed by atoms with Gasteiger partial charge < -0.3 is 13.6 Å². The van der Waals surface area contributed by atoms with Crippen molar-refractivity contribution in [1.29, 1.82) is 0 Å². The molecule has 0 saturated carbocycles. The minimum atomic E-state index is -2.62. The van der Waals surface area contributed by atoms with Crippen molar-refractivity contribution < 1.29 is 18.4 Å². The van der Waals surface area contributed by atoms with Crippen LogP contribution in [0.4, 0.5) is 0 Å². The predicted molar refractivity (Wildman–Crippen MR) is 149 cm³/mol. The molecule has 1 aliphatic rings. The molecule has 2 aromatic carbocycles. The van der Waals surface area contributed by atoms with Crippen LogP contribution in [0.15, 0.2) is 60.7 Å². The summed E-state index contributed by atoms with van der Waals surface area (Å²) in [5, 5.41) is 2.54. The average molecular weight is 513 g/mol. The molecule has 1 saturated heterocycles. The molecule has 3 rings (SSSR count). The highest BCUT2D eigenvalue weighted by molar-refractivity contribution is 6.99. The summed E-state index contributed by atoms with van der Waals surface area (Å²) in [7, 11) is -4.67. The Morgan fingerprint density at radius 1 is 0.886 bits per heavy atom. The molecule has 0 bridgehead atoms. The molecule has 0 unspecified atom stereocenters. The SMILES string of the molecule is CC(C)(C)[Si](C)(C)O[C@@H](CCO[Si](c1ccccc1)(c1ccccc1)C(C)(C)C)[C@@H]1CCC(=O)O1. The maximum atomic E-state index is 12.0. The van der Waals surface area contributed by atoms with E-state index in [2.05, 4.69) is 115 Å². The van der Waals surface area contributed by atoms with Crippen LogP contribution in [0.2, 0.25) is 23.2 Å². The first kappa shape index (κ1) is 27.8. The van der Waals surface area contributed by atoms with Crippen molar-refractivity contribution >= 4 is 33.0 Å². The van der Waals surface area contributed by atoms with Crippen molar-refractivity contribution in [3.63, 3.8) is 0 Å². The molecule has 35 heavy (non-hydrogen) atoms. The minimum absolute atomic E-state index is 0.0761. The molecule has 192 valence electrons. The van der Waals surface area contributed by atoms with E-state index >= 15 is 0 Å². The summed E-state index contributed by atoms with van der Waals surface area (Å²) in [5.41, 5.74) is 0. The number of carbonyl (C=O) groups is 1. The summed E-state index contributed by atoms with van der Waals surface area (Å²) in [6.07, 6.45) is 1.55. The fourth-order valence-electron chi connectivity index (χ4n) is 4.77. The molecule has 1 heterocycles. The maximum Gasteiger partial charge on any atom is 0.306 e. The third kappa shape index (κ3) is 6.16. The summed E-state index contributed by atoms with van der Waals surface area (Å²) in [6.45, 7) is 18.7. The number of ether oxygens (including phenoxy) is 1. The van der Waals surface area contributed by atoms with Crippen molar-refractivity contribution in [3.05, 3.63) is 60.7 Å². The van der Waals surface area contributed by atoms with Gasteiger partial charge in [-0.05, 0) is 46.4 Å². The number of hydrogen-bond acceptors (Lipinski definition) is 4. The largest absolute Gasteiger partial charge is 0.460 e. The summed E-state index contributed by atoms with van der Waals surface area (Å²) < 4.78 is 19.7. The van der Waals surface area contributed by atoms with Gasteiger partial charge in [-0.15, -0.1) is 0 Å². The van der Waals surface area contributed by atoms with E-state index in [1.807, 2.05) is 0 Å². The lowest BCUT2D eigenvalue weighted by molar-refractivity contribution is -0.145. The van der Waals surface area contributed by atoms with Crippen molar-refractivity contribution in [2.45, 2.75) is 96.2 Å². The zero-order chi connectivity index (χ0) is 25.9. The molecule has 1 fully saturated rings. The number of cyclic esters (lactones) is 1. The van der Waals surface area contributed by atoms with E-state index in [4.69, 9.17) is 13.6 Å². The first-order chi connectivity index (χ1) is 16.3. The van der Waals surface area contributed by atoms with Gasteiger partial charge >= 0.3 is 5.97 Å². The van der Waals surface area contributed by atoms with E-state index in [-0.39, 0.29) is 28.3 Å². The van der Waals surface area contributed by atoms with Gasteiger partial charge in [-0.25, -0.2) is 0 Å². The summed E-state index contributed by atoms with van der Waals surface area (Å²) in [4.78, 5) is 12.0. The van der Waals surface area contributed by atoms with Gasteiger partial charge in [0.15, 0.2) is 8.32 Å². The minimum Gasteiger partial charge on any atom is -0.460 e.